The summed E-state index contributed by atoms with van der Waals surface area (Å²) in [6.07, 6.45) is -4.57. The van der Waals surface area contributed by atoms with Gasteiger partial charge < -0.3 is 0 Å². The summed E-state index contributed by atoms with van der Waals surface area (Å²) < 4.78 is 38.0. The van der Waals surface area contributed by atoms with Gasteiger partial charge in [0.05, 0.1) is 25.8 Å². The summed E-state index contributed by atoms with van der Waals surface area (Å²) in [6.45, 7) is 0. The average molecular weight is 361 g/mol. The molecule has 20 heavy (non-hydrogen) atoms. The molecule has 0 radical (unpaired) electrons. The molecule has 0 saturated heterocycles. The van der Waals surface area contributed by atoms with Crippen molar-refractivity contribution in [2.24, 2.45) is 0 Å². The number of benzene rings is 1. The lowest BCUT2D eigenvalue weighted by Gasteiger charge is -2.10. The zero-order valence-corrected chi connectivity index (χ0v) is 12.4. The lowest BCUT2D eigenvalue weighted by molar-refractivity contribution is -0.141. The molecule has 0 unspecified atom stereocenters. The van der Waals surface area contributed by atoms with Gasteiger partial charge in [0.15, 0.2) is 0 Å². The molecule has 2 rings (SSSR count). The number of hydrogen-bond donors (Lipinski definition) is 0. The number of nitrogens with zero attached hydrogens (tertiary/aromatic N) is 1. The summed E-state index contributed by atoms with van der Waals surface area (Å²) in [6, 6.07) is 4.61. The van der Waals surface area contributed by atoms with E-state index < -0.39 is 11.9 Å². The van der Waals surface area contributed by atoms with Gasteiger partial charge in [0, 0.05) is 5.56 Å². The Balaban J connectivity index is 2.63. The van der Waals surface area contributed by atoms with Crippen molar-refractivity contribution in [2.75, 3.05) is 0 Å². The molecule has 0 aliphatic rings. The fraction of sp³-hybridized carbons (Fsp3) is 0.0833. The van der Waals surface area contributed by atoms with Crippen LogP contribution in [0.5, 0.6) is 0 Å². The zero-order chi connectivity index (χ0) is 15.1. The number of hydrogen-bond acceptors (Lipinski definition) is 1. The normalized spacial score (nSPS) is 11.8. The molecular formula is C12H4Cl4F3N. The van der Waals surface area contributed by atoms with E-state index in [0.29, 0.717) is 0 Å². The second-order valence-corrected chi connectivity index (χ2v) is 5.38. The van der Waals surface area contributed by atoms with Crippen molar-refractivity contribution in [1.29, 1.82) is 0 Å². The van der Waals surface area contributed by atoms with Crippen molar-refractivity contribution in [2.45, 2.75) is 6.18 Å². The molecule has 0 spiro atoms. The minimum atomic E-state index is -4.57. The first kappa shape index (κ1) is 15.7. The first-order chi connectivity index (χ1) is 9.20. The van der Waals surface area contributed by atoms with E-state index in [1.54, 1.807) is 0 Å². The van der Waals surface area contributed by atoms with Crippen molar-refractivity contribution in [3.05, 3.63) is 50.0 Å². The van der Waals surface area contributed by atoms with Gasteiger partial charge in [0.1, 0.15) is 5.69 Å². The lowest BCUT2D eigenvalue weighted by atomic mass is 10.1. The number of aromatic nitrogens is 1. The summed E-state index contributed by atoms with van der Waals surface area (Å²) >= 11 is 23.3. The van der Waals surface area contributed by atoms with Gasteiger partial charge in [0.2, 0.25) is 0 Å². The van der Waals surface area contributed by atoms with Gasteiger partial charge >= 0.3 is 6.18 Å². The molecule has 106 valence electrons. The molecule has 1 aromatic carbocycles. The SMILES string of the molecule is FC(F)(F)c1ccc(Cl)c(-c2cc(Cl)c(Cl)c(Cl)c2)n1. The summed E-state index contributed by atoms with van der Waals surface area (Å²) in [5, 5.41) is 0.363. The smallest absolute Gasteiger partial charge is 0.242 e. The Morgan fingerprint density at radius 3 is 1.90 bits per heavy atom. The van der Waals surface area contributed by atoms with Crippen LogP contribution in [-0.4, -0.2) is 4.98 Å². The third-order valence-corrected chi connectivity index (χ3v) is 3.90. The second-order valence-electron chi connectivity index (χ2n) is 3.78. The first-order valence-electron chi connectivity index (χ1n) is 5.09. The van der Waals surface area contributed by atoms with Crippen molar-refractivity contribution < 1.29 is 13.2 Å². The van der Waals surface area contributed by atoms with E-state index in [0.717, 1.165) is 12.1 Å². The third-order valence-electron chi connectivity index (χ3n) is 2.39. The summed E-state index contributed by atoms with van der Waals surface area (Å²) in [5.74, 6) is 0. The monoisotopic (exact) mass is 359 g/mol. The van der Waals surface area contributed by atoms with Crippen LogP contribution < -0.4 is 0 Å². The largest absolute Gasteiger partial charge is 0.433 e. The Morgan fingerprint density at radius 2 is 1.40 bits per heavy atom. The number of pyridine rings is 1. The topological polar surface area (TPSA) is 12.9 Å². The highest BCUT2D eigenvalue weighted by molar-refractivity contribution is 6.48. The molecule has 0 fully saturated rings. The molecule has 1 nitrogen and oxygen atoms in total. The van der Waals surface area contributed by atoms with Gasteiger partial charge in [0.25, 0.3) is 0 Å². The van der Waals surface area contributed by atoms with Gasteiger partial charge in [-0.05, 0) is 24.3 Å². The molecule has 0 bridgehead atoms. The molecule has 2 aromatic rings. The highest BCUT2D eigenvalue weighted by atomic mass is 35.5. The summed E-state index contributed by atoms with van der Waals surface area (Å²) in [4.78, 5) is 3.51. The van der Waals surface area contributed by atoms with Crippen LogP contribution in [0.15, 0.2) is 24.3 Å². The molecule has 0 atom stereocenters. The highest BCUT2D eigenvalue weighted by Gasteiger charge is 2.33. The van der Waals surface area contributed by atoms with E-state index in [1.165, 1.54) is 12.1 Å². The molecule has 0 amide bonds. The van der Waals surface area contributed by atoms with E-state index in [2.05, 4.69) is 4.98 Å². The first-order valence-corrected chi connectivity index (χ1v) is 6.60. The van der Waals surface area contributed by atoms with Crippen LogP contribution >= 0.6 is 46.4 Å². The third kappa shape index (κ3) is 3.14. The number of halogens is 7. The molecule has 8 heteroatoms. The number of rotatable bonds is 1. The minimum Gasteiger partial charge on any atom is -0.242 e. The Labute approximate surface area is 132 Å². The van der Waals surface area contributed by atoms with Gasteiger partial charge in [-0.1, -0.05) is 46.4 Å². The van der Waals surface area contributed by atoms with E-state index >= 15 is 0 Å². The molecule has 1 heterocycles. The maximum Gasteiger partial charge on any atom is 0.433 e. The molecular weight excluding hydrogens is 357 g/mol. The minimum absolute atomic E-state index is 0.0486. The van der Waals surface area contributed by atoms with E-state index in [-0.39, 0.29) is 31.3 Å². The van der Waals surface area contributed by atoms with Crippen molar-refractivity contribution in [3.63, 3.8) is 0 Å². The van der Waals surface area contributed by atoms with Crippen LogP contribution in [0.2, 0.25) is 20.1 Å². The molecule has 0 saturated carbocycles. The predicted octanol–water partition coefficient (Wildman–Crippen LogP) is 6.38. The Kier molecular flexibility index (Phi) is 4.40. The molecule has 1 aromatic heterocycles. The Bertz CT molecular complexity index is 647. The van der Waals surface area contributed by atoms with Crippen LogP contribution in [-0.2, 0) is 6.18 Å². The predicted molar refractivity (Wildman–Crippen MR) is 74.7 cm³/mol. The van der Waals surface area contributed by atoms with Crippen molar-refractivity contribution >= 4 is 46.4 Å². The van der Waals surface area contributed by atoms with Crippen LogP contribution in [0.1, 0.15) is 5.69 Å². The number of alkyl halides is 3. The lowest BCUT2D eigenvalue weighted by Crippen LogP contribution is -2.08. The van der Waals surface area contributed by atoms with E-state index in [1.807, 2.05) is 0 Å². The quantitative estimate of drug-likeness (QED) is 0.537. The molecule has 0 N–H and O–H groups in total. The fourth-order valence-corrected chi connectivity index (χ4v) is 2.31. The maximum atomic E-state index is 12.7. The van der Waals surface area contributed by atoms with Gasteiger partial charge in [-0.2, -0.15) is 13.2 Å². The Morgan fingerprint density at radius 1 is 0.850 bits per heavy atom. The van der Waals surface area contributed by atoms with Crippen LogP contribution in [0, 0.1) is 0 Å². The van der Waals surface area contributed by atoms with Crippen molar-refractivity contribution in [3.8, 4) is 11.3 Å². The van der Waals surface area contributed by atoms with Gasteiger partial charge in [-0.15, -0.1) is 0 Å². The van der Waals surface area contributed by atoms with E-state index in [4.69, 9.17) is 46.4 Å². The molecule has 0 aliphatic carbocycles. The van der Waals surface area contributed by atoms with Crippen molar-refractivity contribution in [1.82, 2.24) is 4.98 Å². The van der Waals surface area contributed by atoms with Gasteiger partial charge in [-0.25, -0.2) is 4.98 Å². The van der Waals surface area contributed by atoms with Crippen LogP contribution in [0.3, 0.4) is 0 Å². The van der Waals surface area contributed by atoms with E-state index in [9.17, 15) is 13.2 Å². The Hall–Kier alpha value is -0.680. The fourth-order valence-electron chi connectivity index (χ4n) is 1.49. The summed E-state index contributed by atoms with van der Waals surface area (Å²) in [7, 11) is 0. The van der Waals surface area contributed by atoms with Crippen LogP contribution in [0.25, 0.3) is 11.3 Å². The maximum absolute atomic E-state index is 12.7. The summed E-state index contributed by atoms with van der Waals surface area (Å²) in [5.41, 5.74) is -0.874. The zero-order valence-electron chi connectivity index (χ0n) is 9.40. The van der Waals surface area contributed by atoms with Crippen LogP contribution in [0.4, 0.5) is 13.2 Å². The molecule has 0 aliphatic heterocycles. The second kappa shape index (κ2) is 5.60. The highest BCUT2D eigenvalue weighted by Crippen LogP contribution is 2.38. The average Bonchev–Trinajstić information content (AvgIpc) is 2.34. The van der Waals surface area contributed by atoms with Gasteiger partial charge in [-0.3, -0.25) is 0 Å². The standard InChI is InChI=1S/C12H4Cl4F3N/c13-6-1-2-9(12(17,18)19)20-11(6)5-3-7(14)10(16)8(15)4-5/h1-4H.